The van der Waals surface area contributed by atoms with E-state index < -0.39 is 0 Å². The lowest BCUT2D eigenvalue weighted by Crippen LogP contribution is -2.39. The molecule has 1 aliphatic rings. The van der Waals surface area contributed by atoms with Gasteiger partial charge >= 0.3 is 0 Å². The van der Waals surface area contributed by atoms with Crippen LogP contribution in [0.25, 0.3) is 22.6 Å². The Morgan fingerprint density at radius 1 is 1.15 bits per heavy atom. The molecule has 1 N–H and O–H groups in total. The van der Waals surface area contributed by atoms with Crippen LogP contribution < -0.4 is 5.32 Å². The van der Waals surface area contributed by atoms with Gasteiger partial charge in [0.05, 0.1) is 6.10 Å². The molecule has 1 fully saturated rings. The predicted molar refractivity (Wildman–Crippen MR) is 131 cm³/mol. The Hall–Kier alpha value is -3.19. The van der Waals surface area contributed by atoms with E-state index >= 15 is 0 Å². The highest BCUT2D eigenvalue weighted by molar-refractivity contribution is 5.97. The third-order valence-electron chi connectivity index (χ3n) is 6.13. The van der Waals surface area contributed by atoms with Crippen molar-refractivity contribution in [3.8, 4) is 11.5 Å². The number of rotatable bonds is 9. The summed E-state index contributed by atoms with van der Waals surface area (Å²) in [6, 6.07) is 15.1. The Labute approximate surface area is 200 Å². The summed E-state index contributed by atoms with van der Waals surface area (Å²) in [6.07, 6.45) is 3.22. The van der Waals surface area contributed by atoms with Gasteiger partial charge in [-0.25, -0.2) is 4.98 Å². The number of hydrogen-bond donors (Lipinski definition) is 1. The zero-order valence-corrected chi connectivity index (χ0v) is 20.0. The van der Waals surface area contributed by atoms with Crippen LogP contribution in [0.3, 0.4) is 0 Å². The van der Waals surface area contributed by atoms with Crippen LogP contribution in [-0.2, 0) is 9.53 Å². The molecule has 0 radical (unpaired) electrons. The molecule has 180 valence electrons. The van der Waals surface area contributed by atoms with E-state index in [4.69, 9.17) is 9.15 Å². The molecule has 3 aromatic rings. The van der Waals surface area contributed by atoms with Gasteiger partial charge in [-0.1, -0.05) is 18.2 Å². The molecule has 0 spiro atoms. The first-order chi connectivity index (χ1) is 16.5. The van der Waals surface area contributed by atoms with Gasteiger partial charge in [-0.3, -0.25) is 9.59 Å². The molecule has 2 amide bonds. The number of piperidine rings is 1. The van der Waals surface area contributed by atoms with Gasteiger partial charge in [-0.05, 0) is 69.4 Å². The number of ether oxygens (including phenoxy) is 1. The van der Waals surface area contributed by atoms with E-state index in [2.05, 4.69) is 10.3 Å². The first-order valence-corrected chi connectivity index (χ1v) is 12.1. The van der Waals surface area contributed by atoms with Crippen LogP contribution in [0.2, 0.25) is 0 Å². The average Bonchev–Trinajstić information content (AvgIpc) is 3.28. The Morgan fingerprint density at radius 3 is 2.65 bits per heavy atom. The van der Waals surface area contributed by atoms with Crippen LogP contribution in [0.5, 0.6) is 0 Å². The molecule has 0 aliphatic carbocycles. The highest BCUT2D eigenvalue weighted by atomic mass is 16.5. The van der Waals surface area contributed by atoms with Crippen LogP contribution in [0, 0.1) is 5.92 Å². The zero-order chi connectivity index (χ0) is 23.9. The van der Waals surface area contributed by atoms with E-state index in [9.17, 15) is 9.59 Å². The van der Waals surface area contributed by atoms with Crippen LogP contribution >= 0.6 is 0 Å². The van der Waals surface area contributed by atoms with Crippen LogP contribution in [0.15, 0.2) is 52.9 Å². The number of amides is 2. The van der Waals surface area contributed by atoms with Gasteiger partial charge in [0, 0.05) is 43.8 Å². The van der Waals surface area contributed by atoms with Crippen LogP contribution in [-0.4, -0.2) is 54.0 Å². The second-order valence-corrected chi connectivity index (χ2v) is 9.13. The minimum Gasteiger partial charge on any atom is -0.436 e. The molecular formula is C27H33N3O4. The molecule has 7 nitrogen and oxygen atoms in total. The van der Waals surface area contributed by atoms with Gasteiger partial charge in [0.2, 0.25) is 11.8 Å². The standard InChI is InChI=1S/C27H33N3O4/c1-19(2)33-16-6-13-28-25(31)17-20-11-14-30(15-12-20)27(32)22-9-10-24-23(18-22)29-26(34-24)21-7-4-3-5-8-21/h3-5,7-10,18-20H,6,11-17H2,1-2H3,(H,28,31). The van der Waals surface area contributed by atoms with E-state index in [1.807, 2.05) is 55.1 Å². The van der Waals surface area contributed by atoms with E-state index in [-0.39, 0.29) is 17.9 Å². The maximum Gasteiger partial charge on any atom is 0.253 e. The Bertz CT molecular complexity index is 1100. The van der Waals surface area contributed by atoms with Gasteiger partial charge in [0.15, 0.2) is 5.58 Å². The second-order valence-electron chi connectivity index (χ2n) is 9.13. The van der Waals surface area contributed by atoms with Gasteiger partial charge in [-0.15, -0.1) is 0 Å². The number of benzene rings is 2. The van der Waals surface area contributed by atoms with Crippen molar-refractivity contribution in [2.45, 2.75) is 45.6 Å². The minimum atomic E-state index is -0.000727. The Kier molecular flexibility index (Phi) is 7.95. The van der Waals surface area contributed by atoms with Crippen molar-refractivity contribution in [3.63, 3.8) is 0 Å². The Balaban J connectivity index is 1.26. The van der Waals surface area contributed by atoms with Crippen LogP contribution in [0.1, 0.15) is 49.9 Å². The third-order valence-corrected chi connectivity index (χ3v) is 6.13. The topological polar surface area (TPSA) is 84.7 Å². The van der Waals surface area contributed by atoms with Gasteiger partial charge in [-0.2, -0.15) is 0 Å². The first-order valence-electron chi connectivity index (χ1n) is 12.1. The first kappa shape index (κ1) is 24.0. The quantitative estimate of drug-likeness (QED) is 0.466. The normalized spacial score (nSPS) is 14.6. The van der Waals surface area contributed by atoms with Crippen molar-refractivity contribution >= 4 is 22.9 Å². The smallest absolute Gasteiger partial charge is 0.253 e. The lowest BCUT2D eigenvalue weighted by atomic mass is 9.93. The summed E-state index contributed by atoms with van der Waals surface area (Å²) < 4.78 is 11.3. The maximum absolute atomic E-state index is 13.1. The summed E-state index contributed by atoms with van der Waals surface area (Å²) >= 11 is 0. The second kappa shape index (κ2) is 11.3. The molecule has 0 unspecified atom stereocenters. The van der Waals surface area contributed by atoms with E-state index in [1.54, 1.807) is 12.1 Å². The molecule has 1 aliphatic heterocycles. The van der Waals surface area contributed by atoms with Crippen LogP contribution in [0.4, 0.5) is 0 Å². The predicted octanol–water partition coefficient (Wildman–Crippen LogP) is 4.67. The van der Waals surface area contributed by atoms with Gasteiger partial charge in [0.1, 0.15) is 5.52 Å². The number of nitrogens with one attached hydrogen (secondary N) is 1. The molecule has 0 bridgehead atoms. The van der Waals surface area contributed by atoms with Crippen molar-refractivity contribution in [2.75, 3.05) is 26.2 Å². The maximum atomic E-state index is 13.1. The molecule has 0 saturated carbocycles. The highest BCUT2D eigenvalue weighted by Gasteiger charge is 2.25. The lowest BCUT2D eigenvalue weighted by Gasteiger charge is -2.31. The van der Waals surface area contributed by atoms with E-state index in [0.717, 1.165) is 24.8 Å². The number of aromatic nitrogens is 1. The number of carbonyl (C=O) groups is 2. The molecule has 4 rings (SSSR count). The van der Waals surface area contributed by atoms with E-state index in [1.165, 1.54) is 0 Å². The summed E-state index contributed by atoms with van der Waals surface area (Å²) in [6.45, 7) is 6.62. The molecule has 1 aromatic heterocycles. The lowest BCUT2D eigenvalue weighted by molar-refractivity contribution is -0.122. The fraction of sp³-hybridized carbons (Fsp3) is 0.444. The number of likely N-dealkylation sites (tertiary alicyclic amines) is 1. The molecular weight excluding hydrogens is 430 g/mol. The fourth-order valence-electron chi connectivity index (χ4n) is 4.24. The van der Waals surface area contributed by atoms with Gasteiger partial charge < -0.3 is 19.4 Å². The van der Waals surface area contributed by atoms with Crippen molar-refractivity contribution < 1.29 is 18.7 Å². The molecule has 7 heteroatoms. The molecule has 2 heterocycles. The van der Waals surface area contributed by atoms with Gasteiger partial charge in [0.25, 0.3) is 5.91 Å². The summed E-state index contributed by atoms with van der Waals surface area (Å²) in [5.74, 6) is 0.938. The number of carbonyl (C=O) groups excluding carboxylic acids is 2. The van der Waals surface area contributed by atoms with Crippen molar-refractivity contribution in [2.24, 2.45) is 5.92 Å². The van der Waals surface area contributed by atoms with E-state index in [0.29, 0.717) is 61.1 Å². The summed E-state index contributed by atoms with van der Waals surface area (Å²) in [5, 5.41) is 2.98. The third kappa shape index (κ3) is 6.23. The summed E-state index contributed by atoms with van der Waals surface area (Å²) in [7, 11) is 0. The summed E-state index contributed by atoms with van der Waals surface area (Å²) in [4.78, 5) is 31.7. The zero-order valence-electron chi connectivity index (χ0n) is 20.0. The fourth-order valence-corrected chi connectivity index (χ4v) is 4.24. The highest BCUT2D eigenvalue weighted by Crippen LogP contribution is 2.26. The van der Waals surface area contributed by atoms with Crippen molar-refractivity contribution in [1.82, 2.24) is 15.2 Å². The Morgan fingerprint density at radius 2 is 1.91 bits per heavy atom. The average molecular weight is 464 g/mol. The molecule has 1 saturated heterocycles. The largest absolute Gasteiger partial charge is 0.436 e. The SMILES string of the molecule is CC(C)OCCCNC(=O)CC1CCN(C(=O)c2ccc3oc(-c4ccccc4)nc3c2)CC1. The number of nitrogens with zero attached hydrogens (tertiary/aromatic N) is 2. The summed E-state index contributed by atoms with van der Waals surface area (Å²) in [5.41, 5.74) is 2.85. The number of hydrogen-bond acceptors (Lipinski definition) is 5. The monoisotopic (exact) mass is 463 g/mol. The minimum absolute atomic E-state index is 0.000727. The number of oxazole rings is 1. The number of fused-ring (bicyclic) bond motifs is 1. The molecule has 34 heavy (non-hydrogen) atoms. The molecule has 0 atom stereocenters. The molecule has 2 aromatic carbocycles. The van der Waals surface area contributed by atoms with Crippen molar-refractivity contribution in [3.05, 3.63) is 54.1 Å². The van der Waals surface area contributed by atoms with Crippen molar-refractivity contribution in [1.29, 1.82) is 0 Å².